The normalized spacial score (nSPS) is 12.1. The first-order valence-electron chi connectivity index (χ1n) is 8.95. The van der Waals surface area contributed by atoms with E-state index in [1.54, 1.807) is 31.2 Å². The van der Waals surface area contributed by atoms with Crippen LogP contribution in [0.5, 0.6) is 5.75 Å². The molecular weight excluding hydrogens is 398 g/mol. The molecule has 0 fully saturated rings. The molecule has 0 aliphatic rings. The third kappa shape index (κ3) is 5.67. The highest BCUT2D eigenvalue weighted by Gasteiger charge is 2.32. The monoisotopic (exact) mass is 421 g/mol. The predicted molar refractivity (Wildman–Crippen MR) is 111 cm³/mol. The van der Waals surface area contributed by atoms with Gasteiger partial charge in [-0.05, 0) is 31.5 Å². The van der Waals surface area contributed by atoms with Crippen molar-refractivity contribution in [2.45, 2.75) is 26.3 Å². The SMILES string of the molecule is CCOc1cccc(NC(=O)[C@H](CC)N(c2cccc([N+](=O)[O-])c2)S(C)(=O)=O)c1. The van der Waals surface area contributed by atoms with Crippen LogP contribution in [0.3, 0.4) is 0 Å². The number of non-ortho nitro benzene ring substituents is 1. The lowest BCUT2D eigenvalue weighted by Crippen LogP contribution is -2.47. The Morgan fingerprint density at radius 1 is 1.21 bits per heavy atom. The highest BCUT2D eigenvalue weighted by molar-refractivity contribution is 7.92. The summed E-state index contributed by atoms with van der Waals surface area (Å²) in [6, 6.07) is 10.8. The second kappa shape index (κ2) is 9.37. The fraction of sp³-hybridized carbons (Fsp3) is 0.316. The Kier molecular flexibility index (Phi) is 7.16. The van der Waals surface area contributed by atoms with Crippen LogP contribution < -0.4 is 14.4 Å². The number of sulfonamides is 1. The molecule has 0 aliphatic heterocycles. The predicted octanol–water partition coefficient (Wildman–Crippen LogP) is 3.18. The zero-order valence-electron chi connectivity index (χ0n) is 16.4. The molecule has 10 heteroatoms. The Morgan fingerprint density at radius 2 is 1.90 bits per heavy atom. The fourth-order valence-electron chi connectivity index (χ4n) is 2.86. The fourth-order valence-corrected chi connectivity index (χ4v) is 4.06. The number of ether oxygens (including phenoxy) is 1. The molecule has 2 aromatic carbocycles. The van der Waals surface area contributed by atoms with E-state index in [1.807, 2.05) is 6.92 Å². The molecule has 0 heterocycles. The van der Waals surface area contributed by atoms with Crippen LogP contribution in [0.2, 0.25) is 0 Å². The standard InChI is InChI=1S/C19H23N3O6S/c1-4-18(19(23)20-14-8-6-11-17(12-14)28-5-2)21(29(3,26)27)15-9-7-10-16(13-15)22(24)25/h6-13,18H,4-5H2,1-3H3,(H,20,23)/t18-/m0/s1. The van der Waals surface area contributed by atoms with Crippen molar-refractivity contribution >= 4 is 33.0 Å². The molecule has 156 valence electrons. The Labute approximate surface area is 169 Å². The summed E-state index contributed by atoms with van der Waals surface area (Å²) in [5, 5.41) is 13.8. The summed E-state index contributed by atoms with van der Waals surface area (Å²) in [6.45, 7) is 3.96. The Balaban J connectivity index is 2.38. The van der Waals surface area contributed by atoms with E-state index < -0.39 is 26.9 Å². The molecule has 0 spiro atoms. The smallest absolute Gasteiger partial charge is 0.271 e. The van der Waals surface area contributed by atoms with Crippen LogP contribution in [0, 0.1) is 10.1 Å². The van der Waals surface area contributed by atoms with Crippen molar-refractivity contribution < 1.29 is 22.9 Å². The number of nitrogens with one attached hydrogen (secondary N) is 1. The highest BCUT2D eigenvalue weighted by Crippen LogP contribution is 2.27. The maximum atomic E-state index is 12.9. The zero-order chi connectivity index (χ0) is 21.6. The summed E-state index contributed by atoms with van der Waals surface area (Å²) in [5.74, 6) is 0.00933. The van der Waals surface area contributed by atoms with E-state index in [2.05, 4.69) is 5.32 Å². The minimum atomic E-state index is -3.90. The van der Waals surface area contributed by atoms with Gasteiger partial charge in [-0.2, -0.15) is 0 Å². The van der Waals surface area contributed by atoms with Crippen molar-refractivity contribution in [3.05, 3.63) is 58.6 Å². The summed E-state index contributed by atoms with van der Waals surface area (Å²) in [7, 11) is -3.90. The van der Waals surface area contributed by atoms with Crippen molar-refractivity contribution in [3.63, 3.8) is 0 Å². The first-order chi connectivity index (χ1) is 13.7. The van der Waals surface area contributed by atoms with Crippen LogP contribution in [0.1, 0.15) is 20.3 Å². The summed E-state index contributed by atoms with van der Waals surface area (Å²) in [6.07, 6.45) is 1.12. The van der Waals surface area contributed by atoms with Crippen LogP contribution in [0.15, 0.2) is 48.5 Å². The number of rotatable bonds is 9. The van der Waals surface area contributed by atoms with E-state index >= 15 is 0 Å². The van der Waals surface area contributed by atoms with Crippen LogP contribution in [-0.4, -0.2) is 38.2 Å². The van der Waals surface area contributed by atoms with Crippen molar-refractivity contribution in [2.24, 2.45) is 0 Å². The topological polar surface area (TPSA) is 119 Å². The molecule has 1 atom stereocenters. The molecule has 2 aromatic rings. The van der Waals surface area contributed by atoms with Gasteiger partial charge >= 0.3 is 0 Å². The van der Waals surface area contributed by atoms with Gasteiger partial charge in [-0.3, -0.25) is 19.2 Å². The van der Waals surface area contributed by atoms with E-state index in [-0.39, 0.29) is 17.8 Å². The van der Waals surface area contributed by atoms with Gasteiger partial charge in [0.25, 0.3) is 5.69 Å². The van der Waals surface area contributed by atoms with E-state index in [0.29, 0.717) is 18.0 Å². The zero-order valence-corrected chi connectivity index (χ0v) is 17.2. The third-order valence-corrected chi connectivity index (χ3v) is 5.22. The van der Waals surface area contributed by atoms with Gasteiger partial charge in [0.05, 0.1) is 23.5 Å². The first kappa shape index (κ1) is 22.2. The second-order valence-electron chi connectivity index (χ2n) is 6.21. The molecule has 0 aromatic heterocycles. The largest absolute Gasteiger partial charge is 0.494 e. The average Bonchev–Trinajstić information content (AvgIpc) is 2.65. The molecule has 29 heavy (non-hydrogen) atoms. The van der Waals surface area contributed by atoms with Gasteiger partial charge in [-0.25, -0.2) is 8.42 Å². The van der Waals surface area contributed by atoms with E-state index in [1.165, 1.54) is 18.2 Å². The number of carbonyl (C=O) groups is 1. The van der Waals surface area contributed by atoms with Gasteiger partial charge in [0, 0.05) is 23.9 Å². The number of nitro benzene ring substituents is 1. The number of anilines is 2. The maximum absolute atomic E-state index is 12.9. The van der Waals surface area contributed by atoms with Gasteiger partial charge in [-0.15, -0.1) is 0 Å². The van der Waals surface area contributed by atoms with Crippen molar-refractivity contribution in [1.29, 1.82) is 0 Å². The molecule has 0 saturated carbocycles. The number of nitro groups is 1. The minimum Gasteiger partial charge on any atom is -0.494 e. The quantitative estimate of drug-likeness (QED) is 0.491. The molecule has 2 rings (SSSR count). The Morgan fingerprint density at radius 3 is 2.48 bits per heavy atom. The summed E-state index contributed by atoms with van der Waals surface area (Å²) in [5.41, 5.74) is 0.231. The van der Waals surface area contributed by atoms with Gasteiger partial charge in [0.1, 0.15) is 11.8 Å². The van der Waals surface area contributed by atoms with Crippen LogP contribution in [-0.2, 0) is 14.8 Å². The molecule has 0 saturated heterocycles. The molecule has 0 radical (unpaired) electrons. The van der Waals surface area contributed by atoms with Crippen LogP contribution in [0.4, 0.5) is 17.1 Å². The lowest BCUT2D eigenvalue weighted by Gasteiger charge is -2.30. The highest BCUT2D eigenvalue weighted by atomic mass is 32.2. The molecular formula is C19H23N3O6S. The lowest BCUT2D eigenvalue weighted by molar-refractivity contribution is -0.384. The summed E-state index contributed by atoms with van der Waals surface area (Å²) in [4.78, 5) is 23.4. The van der Waals surface area contributed by atoms with Crippen molar-refractivity contribution in [1.82, 2.24) is 0 Å². The Bertz CT molecular complexity index is 993. The van der Waals surface area contributed by atoms with E-state index in [9.17, 15) is 23.3 Å². The number of amides is 1. The van der Waals surface area contributed by atoms with Gasteiger partial charge < -0.3 is 10.1 Å². The molecule has 1 N–H and O–H groups in total. The molecule has 1 amide bonds. The van der Waals surface area contributed by atoms with Crippen LogP contribution >= 0.6 is 0 Å². The lowest BCUT2D eigenvalue weighted by atomic mass is 10.1. The van der Waals surface area contributed by atoms with E-state index in [0.717, 1.165) is 16.6 Å². The molecule has 9 nitrogen and oxygen atoms in total. The maximum Gasteiger partial charge on any atom is 0.271 e. The second-order valence-corrected chi connectivity index (χ2v) is 8.07. The number of nitrogens with zero attached hydrogens (tertiary/aromatic N) is 2. The first-order valence-corrected chi connectivity index (χ1v) is 10.8. The molecule has 0 unspecified atom stereocenters. The van der Waals surface area contributed by atoms with Crippen LogP contribution in [0.25, 0.3) is 0 Å². The van der Waals surface area contributed by atoms with Crippen molar-refractivity contribution in [2.75, 3.05) is 22.5 Å². The number of hydrogen-bond donors (Lipinski definition) is 1. The summed E-state index contributed by atoms with van der Waals surface area (Å²) < 4.78 is 31.2. The average molecular weight is 421 g/mol. The Hall–Kier alpha value is -3.14. The van der Waals surface area contributed by atoms with Gasteiger partial charge in [0.15, 0.2) is 0 Å². The van der Waals surface area contributed by atoms with Crippen molar-refractivity contribution in [3.8, 4) is 5.75 Å². The molecule has 0 bridgehead atoms. The van der Waals surface area contributed by atoms with Gasteiger partial charge in [-0.1, -0.05) is 19.1 Å². The summed E-state index contributed by atoms with van der Waals surface area (Å²) >= 11 is 0. The number of benzene rings is 2. The third-order valence-electron chi connectivity index (χ3n) is 4.04. The minimum absolute atomic E-state index is 0.0479. The van der Waals surface area contributed by atoms with Gasteiger partial charge in [0.2, 0.25) is 15.9 Å². The number of hydrogen-bond acceptors (Lipinski definition) is 6. The van der Waals surface area contributed by atoms with E-state index in [4.69, 9.17) is 4.74 Å². The molecule has 0 aliphatic carbocycles. The number of carbonyl (C=O) groups excluding carboxylic acids is 1.